The van der Waals surface area contributed by atoms with E-state index in [0.717, 1.165) is 11.1 Å². The molecule has 0 spiro atoms. The van der Waals surface area contributed by atoms with E-state index in [1.165, 1.54) is 7.11 Å². The maximum atomic E-state index is 11.9. The van der Waals surface area contributed by atoms with Crippen molar-refractivity contribution in [3.05, 3.63) is 59.7 Å². The molecule has 0 heterocycles. The van der Waals surface area contributed by atoms with Gasteiger partial charge in [-0.2, -0.15) is 0 Å². The summed E-state index contributed by atoms with van der Waals surface area (Å²) in [6.07, 6.45) is 0.147. The number of hydrogen-bond acceptors (Lipinski definition) is 4. The van der Waals surface area contributed by atoms with Crippen LogP contribution in [0.25, 0.3) is 0 Å². The molecular formula is C18H19NO4. The molecule has 2 rings (SSSR count). The molecule has 0 aromatic heterocycles. The maximum absolute atomic E-state index is 11.9. The average molecular weight is 313 g/mol. The Morgan fingerprint density at radius 3 is 2.48 bits per heavy atom. The second kappa shape index (κ2) is 7.98. The summed E-state index contributed by atoms with van der Waals surface area (Å²) in [5, 5.41) is 2.65. The van der Waals surface area contributed by atoms with Crippen molar-refractivity contribution in [2.75, 3.05) is 19.0 Å². The molecule has 0 atom stereocenters. The van der Waals surface area contributed by atoms with E-state index in [1.807, 2.05) is 31.2 Å². The van der Waals surface area contributed by atoms with Crippen LogP contribution >= 0.6 is 0 Å². The van der Waals surface area contributed by atoms with E-state index in [9.17, 15) is 9.59 Å². The molecule has 5 nitrogen and oxygen atoms in total. The number of carbonyl (C=O) groups excluding carboxylic acids is 2. The van der Waals surface area contributed by atoms with Crippen molar-refractivity contribution in [3.8, 4) is 5.75 Å². The third-order valence-corrected chi connectivity index (χ3v) is 3.34. The number of rotatable bonds is 6. The van der Waals surface area contributed by atoms with Gasteiger partial charge in [-0.05, 0) is 30.2 Å². The molecule has 2 aromatic carbocycles. The molecule has 120 valence electrons. The molecule has 0 bridgehead atoms. The highest BCUT2D eigenvalue weighted by molar-refractivity contribution is 5.94. The molecule has 0 aliphatic rings. The van der Waals surface area contributed by atoms with Gasteiger partial charge in [-0.3, -0.25) is 9.59 Å². The summed E-state index contributed by atoms with van der Waals surface area (Å²) in [6.45, 7) is 1.60. The zero-order valence-corrected chi connectivity index (χ0v) is 13.2. The number of methoxy groups -OCH3 is 1. The quantitative estimate of drug-likeness (QED) is 0.833. The summed E-state index contributed by atoms with van der Waals surface area (Å²) >= 11 is 0. The van der Waals surface area contributed by atoms with Gasteiger partial charge in [-0.1, -0.05) is 36.4 Å². The SMILES string of the molecule is COc1ccccc1NC(=O)COC(=O)Cc1ccccc1C. The lowest BCUT2D eigenvalue weighted by Crippen LogP contribution is -2.22. The summed E-state index contributed by atoms with van der Waals surface area (Å²) in [6, 6.07) is 14.6. The summed E-state index contributed by atoms with van der Waals surface area (Å²) in [4.78, 5) is 23.7. The molecule has 0 fully saturated rings. The molecule has 0 aliphatic heterocycles. The number of amides is 1. The van der Waals surface area contributed by atoms with Gasteiger partial charge in [0, 0.05) is 0 Å². The number of carbonyl (C=O) groups is 2. The molecule has 0 saturated carbocycles. The van der Waals surface area contributed by atoms with E-state index in [2.05, 4.69) is 5.32 Å². The maximum Gasteiger partial charge on any atom is 0.310 e. The molecule has 0 unspecified atom stereocenters. The number of anilines is 1. The van der Waals surface area contributed by atoms with Crippen LogP contribution < -0.4 is 10.1 Å². The van der Waals surface area contributed by atoms with Gasteiger partial charge in [-0.25, -0.2) is 0 Å². The first-order valence-corrected chi connectivity index (χ1v) is 7.23. The molecular weight excluding hydrogens is 294 g/mol. The van der Waals surface area contributed by atoms with Crippen LogP contribution in [0.4, 0.5) is 5.69 Å². The Kier molecular flexibility index (Phi) is 5.74. The molecule has 0 aliphatic carbocycles. The molecule has 2 aromatic rings. The third-order valence-electron chi connectivity index (χ3n) is 3.34. The lowest BCUT2D eigenvalue weighted by atomic mass is 10.1. The number of benzene rings is 2. The van der Waals surface area contributed by atoms with Gasteiger partial charge in [0.2, 0.25) is 0 Å². The van der Waals surface area contributed by atoms with Crippen molar-refractivity contribution < 1.29 is 19.1 Å². The molecule has 5 heteroatoms. The highest BCUT2D eigenvalue weighted by atomic mass is 16.5. The monoisotopic (exact) mass is 313 g/mol. The van der Waals surface area contributed by atoms with Crippen LogP contribution in [-0.4, -0.2) is 25.6 Å². The number of aryl methyl sites for hydroxylation is 1. The van der Waals surface area contributed by atoms with Crippen molar-refractivity contribution >= 4 is 17.6 Å². The highest BCUT2D eigenvalue weighted by Crippen LogP contribution is 2.22. The Morgan fingerprint density at radius 1 is 1.04 bits per heavy atom. The first-order valence-electron chi connectivity index (χ1n) is 7.23. The molecule has 0 radical (unpaired) electrons. The second-order valence-corrected chi connectivity index (χ2v) is 5.01. The zero-order valence-electron chi connectivity index (χ0n) is 13.2. The Bertz CT molecular complexity index is 697. The summed E-state index contributed by atoms with van der Waals surface area (Å²) in [7, 11) is 1.52. The van der Waals surface area contributed by atoms with E-state index in [-0.39, 0.29) is 13.0 Å². The largest absolute Gasteiger partial charge is 0.495 e. The summed E-state index contributed by atoms with van der Waals surface area (Å²) in [5.41, 5.74) is 2.44. The van der Waals surface area contributed by atoms with Crippen LogP contribution in [0.15, 0.2) is 48.5 Å². The van der Waals surface area contributed by atoms with E-state index < -0.39 is 11.9 Å². The third kappa shape index (κ3) is 4.85. The van der Waals surface area contributed by atoms with E-state index in [0.29, 0.717) is 11.4 Å². The van der Waals surface area contributed by atoms with Gasteiger partial charge in [0.05, 0.1) is 19.2 Å². The first kappa shape index (κ1) is 16.5. The van der Waals surface area contributed by atoms with Crippen molar-refractivity contribution in [1.82, 2.24) is 0 Å². The van der Waals surface area contributed by atoms with Crippen LogP contribution in [0.2, 0.25) is 0 Å². The average Bonchev–Trinajstić information content (AvgIpc) is 2.55. The fraction of sp³-hybridized carbons (Fsp3) is 0.222. The lowest BCUT2D eigenvalue weighted by Gasteiger charge is -2.10. The van der Waals surface area contributed by atoms with Crippen LogP contribution in [-0.2, 0) is 20.7 Å². The van der Waals surface area contributed by atoms with Gasteiger partial charge in [0.15, 0.2) is 6.61 Å². The van der Waals surface area contributed by atoms with Crippen molar-refractivity contribution in [2.45, 2.75) is 13.3 Å². The highest BCUT2D eigenvalue weighted by Gasteiger charge is 2.11. The second-order valence-electron chi connectivity index (χ2n) is 5.01. The lowest BCUT2D eigenvalue weighted by molar-refractivity contribution is -0.146. The van der Waals surface area contributed by atoms with Gasteiger partial charge in [0.25, 0.3) is 5.91 Å². The van der Waals surface area contributed by atoms with Crippen molar-refractivity contribution in [2.24, 2.45) is 0 Å². The minimum Gasteiger partial charge on any atom is -0.495 e. The smallest absolute Gasteiger partial charge is 0.310 e. The fourth-order valence-corrected chi connectivity index (χ4v) is 2.10. The Morgan fingerprint density at radius 2 is 1.74 bits per heavy atom. The number of esters is 1. The van der Waals surface area contributed by atoms with Crippen molar-refractivity contribution in [3.63, 3.8) is 0 Å². The predicted octanol–water partition coefficient (Wildman–Crippen LogP) is 2.73. The standard InChI is InChI=1S/C18H19NO4/c1-13-7-3-4-8-14(13)11-18(21)23-12-17(20)19-15-9-5-6-10-16(15)22-2/h3-10H,11-12H2,1-2H3,(H,19,20). The van der Waals surface area contributed by atoms with Crippen molar-refractivity contribution in [1.29, 1.82) is 0 Å². The van der Waals surface area contributed by atoms with E-state index in [1.54, 1.807) is 24.3 Å². The molecule has 1 amide bonds. The molecule has 23 heavy (non-hydrogen) atoms. The Balaban J connectivity index is 1.84. The minimum absolute atomic E-state index is 0.147. The number of nitrogens with one attached hydrogen (secondary N) is 1. The van der Waals surface area contributed by atoms with Crippen LogP contribution in [0.1, 0.15) is 11.1 Å². The number of para-hydroxylation sites is 2. The van der Waals surface area contributed by atoms with Crippen LogP contribution in [0.3, 0.4) is 0 Å². The zero-order chi connectivity index (χ0) is 16.7. The number of hydrogen-bond donors (Lipinski definition) is 1. The summed E-state index contributed by atoms with van der Waals surface area (Å²) < 4.78 is 10.2. The first-order chi connectivity index (χ1) is 11.1. The van der Waals surface area contributed by atoms with Crippen LogP contribution in [0.5, 0.6) is 5.75 Å². The Hall–Kier alpha value is -2.82. The number of ether oxygens (including phenoxy) is 2. The topological polar surface area (TPSA) is 64.6 Å². The normalized spacial score (nSPS) is 10.0. The fourth-order valence-electron chi connectivity index (χ4n) is 2.10. The minimum atomic E-state index is -0.436. The van der Waals surface area contributed by atoms with Gasteiger partial charge < -0.3 is 14.8 Å². The molecule has 1 N–H and O–H groups in total. The van der Waals surface area contributed by atoms with Crippen LogP contribution in [0, 0.1) is 6.92 Å². The van der Waals surface area contributed by atoms with Gasteiger partial charge >= 0.3 is 5.97 Å². The van der Waals surface area contributed by atoms with Gasteiger partial charge in [0.1, 0.15) is 5.75 Å². The Labute approximate surface area is 135 Å². The summed E-state index contributed by atoms with van der Waals surface area (Å²) in [5.74, 6) is -0.297. The van der Waals surface area contributed by atoms with Gasteiger partial charge in [-0.15, -0.1) is 0 Å². The molecule has 0 saturated heterocycles. The van der Waals surface area contributed by atoms with E-state index >= 15 is 0 Å². The predicted molar refractivity (Wildman–Crippen MR) is 87.5 cm³/mol. The van der Waals surface area contributed by atoms with E-state index in [4.69, 9.17) is 9.47 Å².